The van der Waals surface area contributed by atoms with E-state index >= 15 is 0 Å². The summed E-state index contributed by atoms with van der Waals surface area (Å²) >= 11 is 0. The summed E-state index contributed by atoms with van der Waals surface area (Å²) in [6, 6.07) is 6.31. The number of carbonyl (C=O) groups is 1. The highest BCUT2D eigenvalue weighted by Crippen LogP contribution is 2.30. The van der Waals surface area contributed by atoms with Gasteiger partial charge in [0.2, 0.25) is 0 Å². The minimum atomic E-state index is -2.93. The third-order valence-corrected chi connectivity index (χ3v) is 5.32. The molecule has 30 heavy (non-hydrogen) atoms. The van der Waals surface area contributed by atoms with Gasteiger partial charge in [-0.15, -0.1) is 0 Å². The highest BCUT2D eigenvalue weighted by atomic mass is 19.3. The largest absolute Gasteiger partial charge is 0.295 e. The van der Waals surface area contributed by atoms with Crippen LogP contribution < -0.4 is 0 Å². The predicted molar refractivity (Wildman–Crippen MR) is 125 cm³/mol. The Morgan fingerprint density at radius 2 is 1.90 bits per heavy atom. The normalized spacial score (nSPS) is 14.2. The molecule has 0 aromatic heterocycles. The van der Waals surface area contributed by atoms with Crippen LogP contribution in [0.15, 0.2) is 66.3 Å². The van der Waals surface area contributed by atoms with Crippen molar-refractivity contribution in [3.8, 4) is 0 Å². The topological polar surface area (TPSA) is 17.1 Å². The fourth-order valence-electron chi connectivity index (χ4n) is 3.61. The summed E-state index contributed by atoms with van der Waals surface area (Å²) in [6.07, 6.45) is 14.5. The summed E-state index contributed by atoms with van der Waals surface area (Å²) in [5.41, 5.74) is 2.85. The molecule has 1 atom stereocenters. The van der Waals surface area contributed by atoms with Crippen molar-refractivity contribution in [2.75, 3.05) is 0 Å². The number of halogens is 2. The lowest BCUT2D eigenvalue weighted by atomic mass is 9.87. The molecule has 1 rings (SSSR count). The smallest absolute Gasteiger partial charge is 0.271 e. The Kier molecular flexibility index (Phi) is 11.2. The number of alkyl halides is 2. The van der Waals surface area contributed by atoms with Gasteiger partial charge < -0.3 is 0 Å². The predicted octanol–water partition coefficient (Wildman–Crippen LogP) is 8.44. The van der Waals surface area contributed by atoms with E-state index in [-0.39, 0.29) is 11.3 Å². The summed E-state index contributed by atoms with van der Waals surface area (Å²) in [5.74, 6) is -2.55. The monoisotopic (exact) mass is 414 g/mol. The van der Waals surface area contributed by atoms with Crippen LogP contribution in [0.3, 0.4) is 0 Å². The molecule has 1 aromatic rings. The van der Waals surface area contributed by atoms with Gasteiger partial charge in [0.25, 0.3) is 5.92 Å². The van der Waals surface area contributed by atoms with Crippen molar-refractivity contribution < 1.29 is 13.6 Å². The van der Waals surface area contributed by atoms with Crippen molar-refractivity contribution in [2.45, 2.75) is 72.1 Å². The van der Waals surface area contributed by atoms with Crippen LogP contribution in [0.25, 0.3) is 6.08 Å². The molecule has 164 valence electrons. The van der Waals surface area contributed by atoms with Crippen LogP contribution in [0.1, 0.15) is 77.3 Å². The van der Waals surface area contributed by atoms with Gasteiger partial charge in [0.1, 0.15) is 0 Å². The summed E-state index contributed by atoms with van der Waals surface area (Å²) in [7, 11) is 0. The lowest BCUT2D eigenvalue weighted by Crippen LogP contribution is -2.09. The number of benzene rings is 1. The lowest BCUT2D eigenvalue weighted by molar-refractivity contribution is -0.114. The molecule has 1 nitrogen and oxygen atoms in total. The molecule has 0 saturated heterocycles. The standard InChI is InChI=1S/C27H36F2O/c1-6-13-23(22(9-4)20-21(7-2)8-3)15-12-16-25(30)19-18-24-14-10-11-17-26(24)27(5,28)29/h7,9-11,14,17-20,23H,2,6,8,12-13,15-16H2,1,3-5H3/b19-18+,21-20+,22-9+. The highest BCUT2D eigenvalue weighted by Gasteiger charge is 2.26. The second kappa shape index (κ2) is 13.1. The van der Waals surface area contributed by atoms with Gasteiger partial charge in [0.15, 0.2) is 5.78 Å². The molecule has 0 spiro atoms. The Balaban J connectivity index is 2.75. The Hall–Kier alpha value is -2.29. The maximum Gasteiger partial charge on any atom is 0.271 e. The molecule has 1 unspecified atom stereocenters. The third kappa shape index (κ3) is 8.61. The minimum absolute atomic E-state index is 0.0302. The molecule has 0 aliphatic rings. The number of hydrogen-bond donors (Lipinski definition) is 0. The van der Waals surface area contributed by atoms with E-state index in [1.165, 1.54) is 29.4 Å². The average molecular weight is 415 g/mol. The van der Waals surface area contributed by atoms with Crippen molar-refractivity contribution >= 4 is 11.9 Å². The first-order chi connectivity index (χ1) is 14.3. The zero-order chi connectivity index (χ0) is 22.6. The Morgan fingerprint density at radius 1 is 1.20 bits per heavy atom. The van der Waals surface area contributed by atoms with Crippen molar-refractivity contribution in [3.05, 3.63) is 77.4 Å². The fraction of sp³-hybridized carbons (Fsp3) is 0.444. The molecule has 0 radical (unpaired) electrons. The van der Waals surface area contributed by atoms with Crippen LogP contribution in [0.4, 0.5) is 8.78 Å². The number of rotatable bonds is 13. The third-order valence-electron chi connectivity index (χ3n) is 5.32. The van der Waals surface area contributed by atoms with E-state index in [0.29, 0.717) is 17.9 Å². The fourth-order valence-corrected chi connectivity index (χ4v) is 3.61. The second-order valence-electron chi connectivity index (χ2n) is 7.72. The first kappa shape index (κ1) is 25.7. The van der Waals surface area contributed by atoms with Crippen LogP contribution in [-0.2, 0) is 10.7 Å². The molecule has 0 aliphatic heterocycles. The molecule has 0 bridgehead atoms. The van der Waals surface area contributed by atoms with Gasteiger partial charge in [0, 0.05) is 18.9 Å². The van der Waals surface area contributed by atoms with Crippen LogP contribution in [0.5, 0.6) is 0 Å². The quantitative estimate of drug-likeness (QED) is 0.234. The number of hydrogen-bond acceptors (Lipinski definition) is 1. The van der Waals surface area contributed by atoms with Crippen molar-refractivity contribution in [2.24, 2.45) is 5.92 Å². The maximum absolute atomic E-state index is 13.7. The van der Waals surface area contributed by atoms with Crippen LogP contribution in [-0.4, -0.2) is 5.78 Å². The van der Waals surface area contributed by atoms with E-state index in [0.717, 1.165) is 39.0 Å². The van der Waals surface area contributed by atoms with Gasteiger partial charge in [0.05, 0.1) is 0 Å². The summed E-state index contributed by atoms with van der Waals surface area (Å²) in [6.45, 7) is 11.1. The van der Waals surface area contributed by atoms with E-state index in [2.05, 4.69) is 39.5 Å². The van der Waals surface area contributed by atoms with E-state index < -0.39 is 5.92 Å². The minimum Gasteiger partial charge on any atom is -0.295 e. The highest BCUT2D eigenvalue weighted by molar-refractivity contribution is 5.93. The summed E-state index contributed by atoms with van der Waals surface area (Å²) in [5, 5.41) is 0. The molecular formula is C27H36F2O. The molecule has 0 heterocycles. The van der Waals surface area contributed by atoms with Gasteiger partial charge in [-0.1, -0.05) is 75.4 Å². The summed E-state index contributed by atoms with van der Waals surface area (Å²) in [4.78, 5) is 12.3. The van der Waals surface area contributed by atoms with Crippen molar-refractivity contribution in [1.29, 1.82) is 0 Å². The van der Waals surface area contributed by atoms with Crippen LogP contribution in [0.2, 0.25) is 0 Å². The first-order valence-corrected chi connectivity index (χ1v) is 10.9. The van der Waals surface area contributed by atoms with Crippen molar-refractivity contribution in [3.63, 3.8) is 0 Å². The summed E-state index contributed by atoms with van der Waals surface area (Å²) < 4.78 is 27.4. The molecule has 0 fully saturated rings. The average Bonchev–Trinajstić information content (AvgIpc) is 2.72. The van der Waals surface area contributed by atoms with Gasteiger partial charge >= 0.3 is 0 Å². The Bertz CT molecular complexity index is 778. The molecular weight excluding hydrogens is 378 g/mol. The zero-order valence-electron chi connectivity index (χ0n) is 18.9. The molecule has 1 aromatic carbocycles. The maximum atomic E-state index is 13.7. The second-order valence-corrected chi connectivity index (χ2v) is 7.72. The van der Waals surface area contributed by atoms with E-state index in [1.54, 1.807) is 18.2 Å². The lowest BCUT2D eigenvalue weighted by Gasteiger charge is -2.18. The van der Waals surface area contributed by atoms with Crippen LogP contribution in [0, 0.1) is 5.92 Å². The zero-order valence-corrected chi connectivity index (χ0v) is 18.9. The number of carbonyl (C=O) groups excluding carboxylic acids is 1. The van der Waals surface area contributed by atoms with Gasteiger partial charge in [-0.25, -0.2) is 8.78 Å². The van der Waals surface area contributed by atoms with E-state index in [4.69, 9.17) is 0 Å². The Morgan fingerprint density at radius 3 is 2.47 bits per heavy atom. The number of ketones is 1. The first-order valence-electron chi connectivity index (χ1n) is 10.9. The van der Waals surface area contributed by atoms with Crippen LogP contribution >= 0.6 is 0 Å². The molecule has 0 aliphatic carbocycles. The van der Waals surface area contributed by atoms with Gasteiger partial charge in [-0.05, 0) is 61.3 Å². The van der Waals surface area contributed by atoms with E-state index in [9.17, 15) is 13.6 Å². The van der Waals surface area contributed by atoms with E-state index in [1.807, 2.05) is 6.08 Å². The Labute approximate surface area is 181 Å². The molecule has 3 heteroatoms. The molecule has 0 saturated carbocycles. The molecule has 0 N–H and O–H groups in total. The SMILES string of the molecule is C=C/C(=C\C(=C/C)C(CCC)CCCC(=O)/C=C/c1ccccc1C(C)(F)F)CC. The van der Waals surface area contributed by atoms with Gasteiger partial charge in [-0.2, -0.15) is 0 Å². The van der Waals surface area contributed by atoms with Gasteiger partial charge in [-0.3, -0.25) is 4.79 Å². The molecule has 0 amide bonds. The number of allylic oxidation sites excluding steroid dienone is 6. The van der Waals surface area contributed by atoms with Crippen molar-refractivity contribution in [1.82, 2.24) is 0 Å².